The highest BCUT2D eigenvalue weighted by Crippen LogP contribution is 2.30. The van der Waals surface area contributed by atoms with Crippen molar-refractivity contribution >= 4 is 17.4 Å². The fourth-order valence-electron chi connectivity index (χ4n) is 3.74. The maximum absolute atomic E-state index is 13.1. The Morgan fingerprint density at radius 1 is 1.17 bits per heavy atom. The fourth-order valence-corrected chi connectivity index (χ4v) is 3.74. The van der Waals surface area contributed by atoms with Crippen molar-refractivity contribution in [3.63, 3.8) is 0 Å². The van der Waals surface area contributed by atoms with Crippen LogP contribution in [0.25, 0.3) is 11.4 Å². The third kappa shape index (κ3) is 3.94. The van der Waals surface area contributed by atoms with Crippen LogP contribution >= 0.6 is 0 Å². The van der Waals surface area contributed by atoms with Crippen molar-refractivity contribution < 1.29 is 9.18 Å². The van der Waals surface area contributed by atoms with E-state index in [4.69, 9.17) is 0 Å². The Hall–Kier alpha value is -3.35. The first-order chi connectivity index (χ1) is 14.0. The second kappa shape index (κ2) is 7.95. The Balaban J connectivity index is 1.58. The van der Waals surface area contributed by atoms with Crippen LogP contribution in [0.5, 0.6) is 0 Å². The molecule has 3 aromatic rings. The van der Waals surface area contributed by atoms with Gasteiger partial charge in [-0.05, 0) is 49.1 Å². The highest BCUT2D eigenvalue weighted by molar-refractivity contribution is 5.98. The highest BCUT2D eigenvalue weighted by Gasteiger charge is 2.37. The minimum absolute atomic E-state index is 0.0736. The predicted molar refractivity (Wildman–Crippen MR) is 110 cm³/mol. The van der Waals surface area contributed by atoms with Crippen LogP contribution < -0.4 is 10.2 Å². The minimum Gasteiger partial charge on any atom is -0.344 e. The molecule has 7 heteroatoms. The molecule has 1 fully saturated rings. The van der Waals surface area contributed by atoms with Crippen LogP contribution in [-0.4, -0.2) is 33.4 Å². The number of carbonyl (C=O) groups excluding carboxylic acids is 1. The van der Waals surface area contributed by atoms with E-state index < -0.39 is 5.82 Å². The zero-order valence-corrected chi connectivity index (χ0v) is 16.3. The number of anilines is 2. The molecule has 1 aliphatic heterocycles. The number of carbonyl (C=O) groups is 1. The normalized spacial score (nSPS) is 18.7. The van der Waals surface area contributed by atoms with Gasteiger partial charge in [-0.2, -0.15) is 0 Å². The standard InChI is InChI=1S/C22H22FN5O/c1-14-6-7-17(11-18(14)21-25-12-16(23)13-26-21)27-22(29)20-15(2)8-10-28(20)19-5-3-4-9-24-19/h3-7,9,11-13,15,20H,8,10H2,1-2H3,(H,27,29)/t15-,20+/m1/s1. The SMILES string of the molecule is Cc1ccc(NC(=O)[C@@H]2[C@H](C)CCN2c2ccccn2)cc1-c1ncc(F)cn1. The lowest BCUT2D eigenvalue weighted by Crippen LogP contribution is -2.43. The topological polar surface area (TPSA) is 71.0 Å². The molecule has 6 nitrogen and oxygen atoms in total. The van der Waals surface area contributed by atoms with E-state index in [0.29, 0.717) is 11.5 Å². The van der Waals surface area contributed by atoms with Crippen LogP contribution in [0.1, 0.15) is 18.9 Å². The number of aromatic nitrogens is 3. The summed E-state index contributed by atoms with van der Waals surface area (Å²) in [6.07, 6.45) is 4.94. The molecule has 0 radical (unpaired) electrons. The van der Waals surface area contributed by atoms with Gasteiger partial charge in [0.05, 0.1) is 12.4 Å². The summed E-state index contributed by atoms with van der Waals surface area (Å²) in [7, 11) is 0. The number of hydrogen-bond acceptors (Lipinski definition) is 5. The van der Waals surface area contributed by atoms with E-state index in [1.165, 1.54) is 0 Å². The molecular weight excluding hydrogens is 369 g/mol. The Labute approximate surface area is 168 Å². The van der Waals surface area contributed by atoms with Gasteiger partial charge in [-0.25, -0.2) is 19.3 Å². The number of halogens is 1. The summed E-state index contributed by atoms with van der Waals surface area (Å²) in [4.78, 5) is 27.7. The molecule has 2 aromatic heterocycles. The molecule has 1 N–H and O–H groups in total. The molecule has 0 saturated carbocycles. The summed E-state index contributed by atoms with van der Waals surface area (Å²) in [6, 6.07) is 11.0. The molecule has 1 aliphatic rings. The number of pyridine rings is 1. The highest BCUT2D eigenvalue weighted by atomic mass is 19.1. The summed E-state index contributed by atoms with van der Waals surface area (Å²) in [6.45, 7) is 4.80. The van der Waals surface area contributed by atoms with Crippen molar-refractivity contribution in [2.45, 2.75) is 26.3 Å². The average molecular weight is 391 g/mol. The van der Waals surface area contributed by atoms with Gasteiger partial charge in [0.15, 0.2) is 11.6 Å². The molecule has 1 amide bonds. The summed E-state index contributed by atoms with van der Waals surface area (Å²) in [5.74, 6) is 0.879. The van der Waals surface area contributed by atoms with Gasteiger partial charge in [0.1, 0.15) is 11.9 Å². The van der Waals surface area contributed by atoms with Gasteiger partial charge in [-0.15, -0.1) is 0 Å². The molecule has 148 valence electrons. The summed E-state index contributed by atoms with van der Waals surface area (Å²) in [5.41, 5.74) is 2.35. The maximum atomic E-state index is 13.1. The Morgan fingerprint density at radius 3 is 2.69 bits per heavy atom. The van der Waals surface area contributed by atoms with E-state index in [1.54, 1.807) is 6.20 Å². The number of nitrogens with zero attached hydrogens (tertiary/aromatic N) is 4. The third-order valence-electron chi connectivity index (χ3n) is 5.28. The van der Waals surface area contributed by atoms with Crippen LogP contribution in [-0.2, 0) is 4.79 Å². The molecule has 3 heterocycles. The lowest BCUT2D eigenvalue weighted by molar-refractivity contribution is -0.117. The number of benzene rings is 1. The Bertz CT molecular complexity index is 1010. The molecule has 0 aliphatic carbocycles. The molecule has 29 heavy (non-hydrogen) atoms. The van der Waals surface area contributed by atoms with Crippen LogP contribution in [0, 0.1) is 18.7 Å². The van der Waals surface area contributed by atoms with E-state index in [1.807, 2.05) is 43.3 Å². The molecule has 1 saturated heterocycles. The van der Waals surface area contributed by atoms with E-state index in [9.17, 15) is 9.18 Å². The van der Waals surface area contributed by atoms with Crippen molar-refractivity contribution in [2.75, 3.05) is 16.8 Å². The number of amides is 1. The first-order valence-electron chi connectivity index (χ1n) is 9.60. The van der Waals surface area contributed by atoms with Crippen LogP contribution in [0.3, 0.4) is 0 Å². The first-order valence-corrected chi connectivity index (χ1v) is 9.60. The van der Waals surface area contributed by atoms with Gasteiger partial charge in [0.25, 0.3) is 0 Å². The summed E-state index contributed by atoms with van der Waals surface area (Å²) >= 11 is 0. The van der Waals surface area contributed by atoms with Gasteiger partial charge in [-0.3, -0.25) is 4.79 Å². The van der Waals surface area contributed by atoms with Gasteiger partial charge in [0, 0.05) is 24.0 Å². The van der Waals surface area contributed by atoms with Crippen LogP contribution in [0.15, 0.2) is 55.0 Å². The van der Waals surface area contributed by atoms with E-state index in [0.717, 1.165) is 42.3 Å². The molecule has 1 aromatic carbocycles. The van der Waals surface area contributed by atoms with Crippen molar-refractivity contribution in [3.05, 3.63) is 66.4 Å². The first kappa shape index (κ1) is 19.0. The fraction of sp³-hybridized carbons (Fsp3) is 0.273. The molecule has 4 rings (SSSR count). The zero-order valence-electron chi connectivity index (χ0n) is 16.3. The third-order valence-corrected chi connectivity index (χ3v) is 5.28. The largest absolute Gasteiger partial charge is 0.344 e. The van der Waals surface area contributed by atoms with Crippen LogP contribution in [0.4, 0.5) is 15.9 Å². The van der Waals surface area contributed by atoms with Crippen molar-refractivity contribution in [2.24, 2.45) is 5.92 Å². The van der Waals surface area contributed by atoms with Crippen molar-refractivity contribution in [3.8, 4) is 11.4 Å². The Morgan fingerprint density at radius 2 is 1.97 bits per heavy atom. The number of nitrogens with one attached hydrogen (secondary N) is 1. The lowest BCUT2D eigenvalue weighted by Gasteiger charge is -2.27. The van der Waals surface area contributed by atoms with Crippen molar-refractivity contribution in [1.29, 1.82) is 0 Å². The lowest BCUT2D eigenvalue weighted by atomic mass is 10.0. The van der Waals surface area contributed by atoms with E-state index in [2.05, 4.69) is 32.1 Å². The number of aryl methyl sites for hydroxylation is 1. The molecule has 2 atom stereocenters. The summed E-state index contributed by atoms with van der Waals surface area (Å²) in [5, 5.41) is 3.02. The Kier molecular flexibility index (Phi) is 5.20. The second-order valence-corrected chi connectivity index (χ2v) is 7.34. The van der Waals surface area contributed by atoms with Gasteiger partial charge >= 0.3 is 0 Å². The number of hydrogen-bond donors (Lipinski definition) is 1. The number of rotatable bonds is 4. The maximum Gasteiger partial charge on any atom is 0.247 e. The average Bonchev–Trinajstić information content (AvgIpc) is 3.12. The van der Waals surface area contributed by atoms with Crippen LogP contribution in [0.2, 0.25) is 0 Å². The van der Waals surface area contributed by atoms with Crippen molar-refractivity contribution in [1.82, 2.24) is 15.0 Å². The molecule has 0 bridgehead atoms. The smallest absolute Gasteiger partial charge is 0.247 e. The van der Waals surface area contributed by atoms with E-state index in [-0.39, 0.29) is 17.9 Å². The monoisotopic (exact) mass is 391 g/mol. The minimum atomic E-state index is -0.485. The quantitative estimate of drug-likeness (QED) is 0.732. The molecular formula is C22H22FN5O. The van der Waals surface area contributed by atoms with Gasteiger partial charge < -0.3 is 10.2 Å². The van der Waals surface area contributed by atoms with E-state index >= 15 is 0 Å². The van der Waals surface area contributed by atoms with Gasteiger partial charge in [-0.1, -0.05) is 19.1 Å². The molecule has 0 spiro atoms. The predicted octanol–water partition coefficient (Wildman–Crippen LogP) is 3.84. The second-order valence-electron chi connectivity index (χ2n) is 7.34. The zero-order chi connectivity index (χ0) is 20.4. The summed E-state index contributed by atoms with van der Waals surface area (Å²) < 4.78 is 13.1. The molecule has 0 unspecified atom stereocenters. The van der Waals surface area contributed by atoms with Gasteiger partial charge in [0.2, 0.25) is 5.91 Å².